The van der Waals surface area contributed by atoms with Gasteiger partial charge in [-0.05, 0) is 44.0 Å². The fraction of sp³-hybridized carbons (Fsp3) is 0.381. The zero-order valence-electron chi connectivity index (χ0n) is 16.9. The van der Waals surface area contributed by atoms with Gasteiger partial charge in [-0.25, -0.2) is 9.37 Å². The Balaban J connectivity index is 1.66. The maximum absolute atomic E-state index is 14.6. The number of benzene rings is 1. The van der Waals surface area contributed by atoms with E-state index in [1.807, 2.05) is 29.8 Å². The lowest BCUT2D eigenvalue weighted by Crippen LogP contribution is -2.43. The van der Waals surface area contributed by atoms with E-state index < -0.39 is 11.7 Å². The summed E-state index contributed by atoms with van der Waals surface area (Å²) in [5, 5.41) is 11.5. The molecule has 30 heavy (non-hydrogen) atoms. The average Bonchev–Trinajstić information content (AvgIpc) is 3.14. The van der Waals surface area contributed by atoms with Crippen LogP contribution in [0.1, 0.15) is 43.0 Å². The van der Waals surface area contributed by atoms with Gasteiger partial charge in [-0.2, -0.15) is 5.10 Å². The number of pyridine rings is 1. The van der Waals surface area contributed by atoms with Gasteiger partial charge in [0.25, 0.3) is 5.91 Å². The van der Waals surface area contributed by atoms with Gasteiger partial charge < -0.3 is 22.1 Å². The normalized spacial score (nSPS) is 19.0. The lowest BCUT2D eigenvalue weighted by Gasteiger charge is -2.30. The average molecular weight is 411 g/mol. The number of nitrogens with zero attached hydrogens (tertiary/aromatic N) is 3. The van der Waals surface area contributed by atoms with Crippen molar-refractivity contribution in [1.82, 2.24) is 14.8 Å². The number of nitrogens with one attached hydrogen (secondary N) is 2. The van der Waals surface area contributed by atoms with Gasteiger partial charge in [-0.15, -0.1) is 0 Å². The summed E-state index contributed by atoms with van der Waals surface area (Å²) in [4.78, 5) is 16.2. The van der Waals surface area contributed by atoms with Crippen LogP contribution >= 0.6 is 0 Å². The molecule has 0 bridgehead atoms. The van der Waals surface area contributed by atoms with Crippen molar-refractivity contribution in [3.63, 3.8) is 0 Å². The molecule has 9 heteroatoms. The number of carbonyl (C=O) groups excluding carboxylic acids is 1. The van der Waals surface area contributed by atoms with E-state index in [4.69, 9.17) is 11.5 Å². The Labute approximate surface area is 173 Å². The van der Waals surface area contributed by atoms with Gasteiger partial charge >= 0.3 is 0 Å². The number of primary amides is 1. The van der Waals surface area contributed by atoms with Crippen LogP contribution in [0.2, 0.25) is 0 Å². The Morgan fingerprint density at radius 1 is 1.27 bits per heavy atom. The third kappa shape index (κ3) is 3.93. The van der Waals surface area contributed by atoms with Crippen molar-refractivity contribution in [3.05, 3.63) is 41.8 Å². The zero-order chi connectivity index (χ0) is 21.3. The lowest BCUT2D eigenvalue weighted by atomic mass is 9.91. The quantitative estimate of drug-likeness (QED) is 0.494. The molecule has 1 fully saturated rings. The monoisotopic (exact) mass is 411 g/mol. The molecule has 2 heterocycles. The standard InChI is InChI=1S/C21H26FN7O/c1-2-29-18-8-7-13(9-12(18)11-25-29)26-20-14(19(24)30)10-15(22)21(28-20)27-17-6-4-3-5-16(17)23/h7-11,16-17H,2-6,23H2,1H3,(H2,24,30)(H2,26,27,28)/t16-,17+/m0/s1. The first-order valence-electron chi connectivity index (χ1n) is 10.2. The van der Waals surface area contributed by atoms with Gasteiger partial charge in [0.2, 0.25) is 0 Å². The summed E-state index contributed by atoms with van der Waals surface area (Å²) in [6, 6.07) is 6.67. The van der Waals surface area contributed by atoms with Gasteiger partial charge in [0, 0.05) is 29.7 Å². The van der Waals surface area contributed by atoms with Gasteiger partial charge in [0.05, 0.1) is 17.3 Å². The van der Waals surface area contributed by atoms with Crippen molar-refractivity contribution in [1.29, 1.82) is 0 Å². The second-order valence-electron chi connectivity index (χ2n) is 7.64. The molecule has 0 saturated heterocycles. The van der Waals surface area contributed by atoms with E-state index in [0.29, 0.717) is 5.69 Å². The van der Waals surface area contributed by atoms with E-state index in [1.165, 1.54) is 0 Å². The summed E-state index contributed by atoms with van der Waals surface area (Å²) in [5.74, 6) is -1.14. The smallest absolute Gasteiger partial charge is 0.252 e. The molecule has 1 aliphatic rings. The highest BCUT2D eigenvalue weighted by Crippen LogP contribution is 2.28. The van der Waals surface area contributed by atoms with Crippen LogP contribution in [-0.4, -0.2) is 32.8 Å². The Bertz CT molecular complexity index is 1080. The number of carbonyl (C=O) groups is 1. The Morgan fingerprint density at radius 2 is 2.07 bits per heavy atom. The van der Waals surface area contributed by atoms with Crippen LogP contribution in [0.15, 0.2) is 30.5 Å². The van der Waals surface area contributed by atoms with Crippen molar-refractivity contribution in [3.8, 4) is 0 Å². The SMILES string of the molecule is CCn1ncc2cc(Nc3nc(N[C@@H]4CCCC[C@@H]4N)c(F)cc3C(N)=O)ccc21. The lowest BCUT2D eigenvalue weighted by molar-refractivity contribution is 0.100. The minimum Gasteiger partial charge on any atom is -0.365 e. The fourth-order valence-electron chi connectivity index (χ4n) is 3.94. The van der Waals surface area contributed by atoms with E-state index in [1.54, 1.807) is 6.20 Å². The molecule has 1 saturated carbocycles. The summed E-state index contributed by atoms with van der Waals surface area (Å²) < 4.78 is 16.5. The van der Waals surface area contributed by atoms with Crippen molar-refractivity contribution in [2.75, 3.05) is 10.6 Å². The molecule has 0 unspecified atom stereocenters. The molecule has 4 rings (SSSR count). The highest BCUT2D eigenvalue weighted by Gasteiger charge is 2.24. The van der Waals surface area contributed by atoms with E-state index in [2.05, 4.69) is 20.7 Å². The number of anilines is 3. The van der Waals surface area contributed by atoms with Crippen molar-refractivity contribution in [2.45, 2.75) is 51.2 Å². The summed E-state index contributed by atoms with van der Waals surface area (Å²) >= 11 is 0. The highest BCUT2D eigenvalue weighted by atomic mass is 19.1. The predicted molar refractivity (Wildman–Crippen MR) is 115 cm³/mol. The molecule has 1 aliphatic carbocycles. The maximum atomic E-state index is 14.6. The van der Waals surface area contributed by atoms with Crippen LogP contribution in [0.4, 0.5) is 21.7 Å². The van der Waals surface area contributed by atoms with E-state index >= 15 is 0 Å². The third-order valence-electron chi connectivity index (χ3n) is 5.59. The molecule has 6 N–H and O–H groups in total. The fourth-order valence-corrected chi connectivity index (χ4v) is 3.94. The van der Waals surface area contributed by atoms with Crippen LogP contribution in [0.3, 0.4) is 0 Å². The maximum Gasteiger partial charge on any atom is 0.252 e. The topological polar surface area (TPSA) is 124 Å². The first-order chi connectivity index (χ1) is 14.5. The molecule has 0 aliphatic heterocycles. The first-order valence-corrected chi connectivity index (χ1v) is 10.2. The molecule has 2 atom stereocenters. The minimum atomic E-state index is -0.760. The van der Waals surface area contributed by atoms with Gasteiger partial charge in [-0.3, -0.25) is 9.48 Å². The number of hydrogen-bond acceptors (Lipinski definition) is 6. The van der Waals surface area contributed by atoms with Crippen LogP contribution in [0.5, 0.6) is 0 Å². The minimum absolute atomic E-state index is 0.0182. The van der Waals surface area contributed by atoms with Crippen molar-refractivity contribution >= 4 is 34.1 Å². The molecule has 0 radical (unpaired) electrons. The second kappa shape index (κ2) is 8.27. The van der Waals surface area contributed by atoms with Gasteiger partial charge in [0.1, 0.15) is 5.82 Å². The zero-order valence-corrected chi connectivity index (χ0v) is 16.9. The van der Waals surface area contributed by atoms with E-state index in [0.717, 1.165) is 49.2 Å². The Hall–Kier alpha value is -3.20. The van der Waals surface area contributed by atoms with Crippen LogP contribution in [-0.2, 0) is 6.54 Å². The molecule has 3 aromatic rings. The summed E-state index contributed by atoms with van der Waals surface area (Å²) in [5.41, 5.74) is 13.3. The number of nitrogens with two attached hydrogens (primary N) is 2. The molecule has 1 aromatic carbocycles. The largest absolute Gasteiger partial charge is 0.365 e. The molecule has 0 spiro atoms. The summed E-state index contributed by atoms with van der Waals surface area (Å²) in [6.45, 7) is 2.78. The van der Waals surface area contributed by atoms with Gasteiger partial charge in [-0.1, -0.05) is 12.8 Å². The molecule has 1 amide bonds. The van der Waals surface area contributed by atoms with Crippen molar-refractivity contribution in [2.24, 2.45) is 11.5 Å². The van der Waals surface area contributed by atoms with Crippen LogP contribution < -0.4 is 22.1 Å². The molecular weight excluding hydrogens is 385 g/mol. The number of hydrogen-bond donors (Lipinski definition) is 4. The van der Waals surface area contributed by atoms with Crippen molar-refractivity contribution < 1.29 is 9.18 Å². The number of halogens is 1. The third-order valence-corrected chi connectivity index (χ3v) is 5.59. The number of aromatic nitrogens is 3. The number of fused-ring (bicyclic) bond motifs is 1. The first kappa shape index (κ1) is 20.1. The number of aryl methyl sites for hydroxylation is 1. The molecule has 8 nitrogen and oxygen atoms in total. The molecular formula is C21H26FN7O. The Kier molecular flexibility index (Phi) is 5.54. The summed E-state index contributed by atoms with van der Waals surface area (Å²) in [7, 11) is 0. The van der Waals surface area contributed by atoms with E-state index in [9.17, 15) is 9.18 Å². The Morgan fingerprint density at radius 3 is 2.80 bits per heavy atom. The van der Waals surface area contributed by atoms with Crippen LogP contribution in [0, 0.1) is 5.82 Å². The predicted octanol–water partition coefficient (Wildman–Crippen LogP) is 3.11. The summed E-state index contributed by atoms with van der Waals surface area (Å²) in [6.07, 6.45) is 5.60. The molecule has 158 valence electrons. The second-order valence-corrected chi connectivity index (χ2v) is 7.64. The number of rotatable bonds is 6. The molecule has 2 aromatic heterocycles. The highest BCUT2D eigenvalue weighted by molar-refractivity contribution is 5.99. The van der Waals surface area contributed by atoms with Crippen LogP contribution in [0.25, 0.3) is 10.9 Å². The number of amides is 1. The van der Waals surface area contributed by atoms with Gasteiger partial charge in [0.15, 0.2) is 11.6 Å². The van der Waals surface area contributed by atoms with E-state index in [-0.39, 0.29) is 29.3 Å².